The molecule has 0 spiro atoms. The van der Waals surface area contributed by atoms with Gasteiger partial charge in [0, 0.05) is 24.1 Å². The average Bonchev–Trinajstić information content (AvgIpc) is 3.09. The Hall–Kier alpha value is -2.82. The van der Waals surface area contributed by atoms with Gasteiger partial charge in [-0.25, -0.2) is 0 Å². The van der Waals surface area contributed by atoms with Crippen LogP contribution in [0.1, 0.15) is 47.8 Å². The molecular formula is C20H22N2O3. The number of rotatable bonds is 5. The third-order valence-electron chi connectivity index (χ3n) is 4.31. The maximum atomic E-state index is 12.5. The van der Waals surface area contributed by atoms with E-state index in [1.165, 1.54) is 0 Å². The molecule has 5 heteroatoms. The third kappa shape index (κ3) is 3.99. The molecule has 0 bridgehead atoms. The van der Waals surface area contributed by atoms with Crippen molar-refractivity contribution < 1.29 is 14.3 Å². The molecule has 1 aliphatic rings. The summed E-state index contributed by atoms with van der Waals surface area (Å²) in [6, 6.07) is 12.9. The van der Waals surface area contributed by atoms with Crippen molar-refractivity contribution in [2.45, 2.75) is 32.7 Å². The monoisotopic (exact) mass is 338 g/mol. The van der Waals surface area contributed by atoms with Crippen LogP contribution < -0.4 is 15.4 Å². The number of benzene rings is 2. The summed E-state index contributed by atoms with van der Waals surface area (Å²) in [7, 11) is 0. The molecule has 0 saturated heterocycles. The summed E-state index contributed by atoms with van der Waals surface area (Å²) in [5.74, 6) is 0.745. The minimum atomic E-state index is -0.132. The lowest BCUT2D eigenvalue weighted by Crippen LogP contribution is -2.26. The second kappa shape index (κ2) is 7.38. The normalized spacial score (nSPS) is 13.5. The smallest absolute Gasteiger partial charge is 0.251 e. The highest BCUT2D eigenvalue weighted by Gasteiger charge is 2.16. The molecule has 1 heterocycles. The molecule has 0 radical (unpaired) electrons. The first-order valence-electron chi connectivity index (χ1n) is 8.53. The van der Waals surface area contributed by atoms with E-state index in [9.17, 15) is 9.59 Å². The van der Waals surface area contributed by atoms with Crippen LogP contribution in [-0.2, 0) is 11.2 Å². The van der Waals surface area contributed by atoms with Gasteiger partial charge in [0.05, 0.1) is 12.6 Å². The molecular weight excluding hydrogens is 316 g/mol. The molecule has 2 aromatic rings. The number of amides is 2. The quantitative estimate of drug-likeness (QED) is 0.877. The molecule has 2 N–H and O–H groups in total. The molecule has 5 nitrogen and oxygen atoms in total. The van der Waals surface area contributed by atoms with Crippen LogP contribution >= 0.6 is 0 Å². The topological polar surface area (TPSA) is 67.4 Å². The van der Waals surface area contributed by atoms with Gasteiger partial charge in [0.15, 0.2) is 0 Å². The van der Waals surface area contributed by atoms with Crippen molar-refractivity contribution in [3.8, 4) is 5.75 Å². The summed E-state index contributed by atoms with van der Waals surface area (Å²) in [5.41, 5.74) is 3.46. The lowest BCUT2D eigenvalue weighted by Gasteiger charge is -2.15. The molecule has 3 rings (SSSR count). The number of ether oxygens (including phenoxy) is 1. The van der Waals surface area contributed by atoms with Crippen molar-refractivity contribution >= 4 is 17.5 Å². The Kier molecular flexibility index (Phi) is 5.03. The number of fused-ring (bicyclic) bond motifs is 1. The van der Waals surface area contributed by atoms with E-state index in [1.54, 1.807) is 6.07 Å². The van der Waals surface area contributed by atoms with Gasteiger partial charge in [-0.05, 0) is 48.4 Å². The van der Waals surface area contributed by atoms with Gasteiger partial charge in [0.2, 0.25) is 5.91 Å². The van der Waals surface area contributed by atoms with Crippen molar-refractivity contribution in [1.82, 2.24) is 5.32 Å². The number of anilines is 1. The van der Waals surface area contributed by atoms with E-state index in [1.807, 2.05) is 50.2 Å². The molecule has 1 atom stereocenters. The van der Waals surface area contributed by atoms with Crippen molar-refractivity contribution in [2.75, 3.05) is 11.9 Å². The lowest BCUT2D eigenvalue weighted by molar-refractivity contribution is -0.115. The van der Waals surface area contributed by atoms with Crippen molar-refractivity contribution in [3.63, 3.8) is 0 Å². The molecule has 1 unspecified atom stereocenters. The highest BCUT2D eigenvalue weighted by atomic mass is 16.5. The van der Waals surface area contributed by atoms with Gasteiger partial charge in [0.1, 0.15) is 5.75 Å². The predicted molar refractivity (Wildman–Crippen MR) is 96.9 cm³/mol. The molecule has 0 aliphatic carbocycles. The first-order chi connectivity index (χ1) is 12.1. The van der Waals surface area contributed by atoms with Crippen molar-refractivity contribution in [3.05, 3.63) is 59.2 Å². The number of hydrogen-bond acceptors (Lipinski definition) is 3. The van der Waals surface area contributed by atoms with E-state index < -0.39 is 0 Å². The van der Waals surface area contributed by atoms with Gasteiger partial charge in [0.25, 0.3) is 5.91 Å². The Bertz CT molecular complexity index is 784. The highest BCUT2D eigenvalue weighted by molar-refractivity contribution is 5.95. The minimum Gasteiger partial charge on any atom is -0.493 e. The fourth-order valence-electron chi connectivity index (χ4n) is 2.80. The van der Waals surface area contributed by atoms with Crippen LogP contribution in [0.3, 0.4) is 0 Å². The number of nitrogens with one attached hydrogen (secondary N) is 2. The van der Waals surface area contributed by atoms with Crippen molar-refractivity contribution in [1.29, 1.82) is 0 Å². The maximum absolute atomic E-state index is 12.5. The lowest BCUT2D eigenvalue weighted by atomic mass is 10.1. The fourth-order valence-corrected chi connectivity index (χ4v) is 2.80. The van der Waals surface area contributed by atoms with Crippen LogP contribution in [0, 0.1) is 0 Å². The molecule has 130 valence electrons. The van der Waals surface area contributed by atoms with Crippen LogP contribution in [0.2, 0.25) is 0 Å². The summed E-state index contributed by atoms with van der Waals surface area (Å²) in [5, 5.41) is 5.82. The zero-order valence-electron chi connectivity index (χ0n) is 14.5. The Morgan fingerprint density at radius 2 is 1.92 bits per heavy atom. The third-order valence-corrected chi connectivity index (χ3v) is 4.31. The minimum absolute atomic E-state index is 0.0188. The molecule has 0 fully saturated rings. The van der Waals surface area contributed by atoms with Crippen LogP contribution in [0.5, 0.6) is 5.75 Å². The summed E-state index contributed by atoms with van der Waals surface area (Å²) in [6.45, 7) is 4.43. The van der Waals surface area contributed by atoms with Gasteiger partial charge in [-0.1, -0.05) is 19.1 Å². The van der Waals surface area contributed by atoms with E-state index >= 15 is 0 Å². The fraction of sp³-hybridized carbons (Fsp3) is 0.300. The van der Waals surface area contributed by atoms with E-state index in [4.69, 9.17) is 4.74 Å². The maximum Gasteiger partial charge on any atom is 0.251 e. The van der Waals surface area contributed by atoms with E-state index in [0.717, 1.165) is 29.0 Å². The molecule has 2 aromatic carbocycles. The van der Waals surface area contributed by atoms with Crippen LogP contribution in [0.25, 0.3) is 0 Å². The molecule has 1 aliphatic heterocycles. The first-order valence-corrected chi connectivity index (χ1v) is 8.53. The van der Waals surface area contributed by atoms with E-state index in [0.29, 0.717) is 18.6 Å². The standard InChI is InChI=1S/C20H22N2O3/c1-3-19(23)22-17-7-4-14(5-8-17)13(2)21-20(24)16-6-9-18-15(12-16)10-11-25-18/h4-9,12-13H,3,10-11H2,1-2H3,(H,21,24)(H,22,23). The molecule has 2 amide bonds. The molecule has 25 heavy (non-hydrogen) atoms. The molecule has 0 aromatic heterocycles. The summed E-state index contributed by atoms with van der Waals surface area (Å²) < 4.78 is 5.47. The van der Waals surface area contributed by atoms with Crippen molar-refractivity contribution in [2.24, 2.45) is 0 Å². The van der Waals surface area contributed by atoms with Crippen LogP contribution in [0.15, 0.2) is 42.5 Å². The molecule has 0 saturated carbocycles. The Morgan fingerprint density at radius 3 is 2.64 bits per heavy atom. The zero-order chi connectivity index (χ0) is 17.8. The summed E-state index contributed by atoms with van der Waals surface area (Å²) in [6.07, 6.45) is 1.29. The van der Waals surface area contributed by atoms with Gasteiger partial charge < -0.3 is 15.4 Å². The summed E-state index contributed by atoms with van der Waals surface area (Å²) in [4.78, 5) is 23.9. The van der Waals surface area contributed by atoms with E-state index in [2.05, 4.69) is 10.6 Å². The van der Waals surface area contributed by atoms with Gasteiger partial charge >= 0.3 is 0 Å². The second-order valence-electron chi connectivity index (χ2n) is 6.14. The number of carbonyl (C=O) groups excluding carboxylic acids is 2. The first kappa shape index (κ1) is 17.0. The second-order valence-corrected chi connectivity index (χ2v) is 6.14. The SMILES string of the molecule is CCC(=O)Nc1ccc(C(C)NC(=O)c2ccc3c(c2)CCO3)cc1. The number of hydrogen-bond donors (Lipinski definition) is 2. The Morgan fingerprint density at radius 1 is 1.16 bits per heavy atom. The van der Waals surface area contributed by atoms with E-state index in [-0.39, 0.29) is 17.9 Å². The largest absolute Gasteiger partial charge is 0.493 e. The predicted octanol–water partition coefficient (Wildman–Crippen LogP) is 3.46. The zero-order valence-corrected chi connectivity index (χ0v) is 14.5. The average molecular weight is 338 g/mol. The van der Waals surface area contributed by atoms with Gasteiger partial charge in [-0.15, -0.1) is 0 Å². The van der Waals surface area contributed by atoms with Gasteiger partial charge in [-0.3, -0.25) is 9.59 Å². The number of carbonyl (C=O) groups is 2. The summed E-state index contributed by atoms with van der Waals surface area (Å²) >= 11 is 0. The van der Waals surface area contributed by atoms with Crippen LogP contribution in [0.4, 0.5) is 5.69 Å². The Labute approximate surface area is 147 Å². The van der Waals surface area contributed by atoms with Gasteiger partial charge in [-0.2, -0.15) is 0 Å². The highest BCUT2D eigenvalue weighted by Crippen LogP contribution is 2.26. The Balaban J connectivity index is 1.64. The van der Waals surface area contributed by atoms with Crippen LogP contribution in [-0.4, -0.2) is 18.4 Å².